The molecular weight excluding hydrogens is 266 g/mol. The Morgan fingerprint density at radius 2 is 2.14 bits per heavy atom. The van der Waals surface area contributed by atoms with Crippen LogP contribution in [0.2, 0.25) is 0 Å². The van der Waals surface area contributed by atoms with E-state index in [1.807, 2.05) is 18.2 Å². The number of rotatable bonds is 3. The van der Waals surface area contributed by atoms with Gasteiger partial charge in [0, 0.05) is 25.1 Å². The zero-order chi connectivity index (χ0) is 14.9. The van der Waals surface area contributed by atoms with Crippen molar-refractivity contribution in [3.63, 3.8) is 0 Å². The molecule has 0 amide bonds. The lowest BCUT2D eigenvalue weighted by Crippen LogP contribution is -2.50. The van der Waals surface area contributed by atoms with Crippen LogP contribution in [0, 0.1) is 0 Å². The monoisotopic (exact) mass is 291 g/mol. The summed E-state index contributed by atoms with van der Waals surface area (Å²) in [7, 11) is 1.64. The predicted molar refractivity (Wildman–Crippen MR) is 81.9 cm³/mol. The van der Waals surface area contributed by atoms with Crippen molar-refractivity contribution < 1.29 is 14.6 Å². The van der Waals surface area contributed by atoms with Crippen LogP contribution < -0.4 is 9.47 Å². The third kappa shape index (κ3) is 2.87. The molecule has 4 nitrogen and oxygen atoms in total. The molecule has 2 aliphatic heterocycles. The molecule has 4 heteroatoms. The van der Waals surface area contributed by atoms with Gasteiger partial charge in [0.15, 0.2) is 0 Å². The highest BCUT2D eigenvalue weighted by Crippen LogP contribution is 2.45. The van der Waals surface area contributed by atoms with Crippen LogP contribution in [0.15, 0.2) is 18.2 Å². The SMILES string of the molecule is CCCN1CCC2(CC1)C[C@H](O)c1cc(OC)ccc1O2. The number of hydrogen-bond donors (Lipinski definition) is 1. The highest BCUT2D eigenvalue weighted by atomic mass is 16.5. The largest absolute Gasteiger partial charge is 0.497 e. The lowest BCUT2D eigenvalue weighted by Gasteiger charge is -2.46. The topological polar surface area (TPSA) is 41.9 Å². The van der Waals surface area contributed by atoms with Crippen molar-refractivity contribution in [2.45, 2.75) is 44.3 Å². The lowest BCUT2D eigenvalue weighted by molar-refractivity contribution is -0.0538. The molecule has 0 unspecified atom stereocenters. The lowest BCUT2D eigenvalue weighted by atomic mass is 9.81. The first-order chi connectivity index (χ1) is 10.2. The van der Waals surface area contributed by atoms with E-state index < -0.39 is 6.10 Å². The fourth-order valence-corrected chi connectivity index (χ4v) is 3.55. The standard InChI is InChI=1S/C17H25NO3/c1-3-8-18-9-6-17(7-10-18)12-15(19)14-11-13(20-2)4-5-16(14)21-17/h4-5,11,15,19H,3,6-10,12H2,1-2H3/t15-/m0/s1. The minimum absolute atomic E-state index is 0.189. The molecule has 1 aromatic carbocycles. The highest BCUT2D eigenvalue weighted by Gasteiger charge is 2.42. The van der Waals surface area contributed by atoms with Gasteiger partial charge < -0.3 is 19.5 Å². The maximum absolute atomic E-state index is 10.5. The molecule has 0 bridgehead atoms. The minimum Gasteiger partial charge on any atom is -0.497 e. The van der Waals surface area contributed by atoms with Gasteiger partial charge in [0.25, 0.3) is 0 Å². The Morgan fingerprint density at radius 1 is 1.38 bits per heavy atom. The quantitative estimate of drug-likeness (QED) is 0.930. The van der Waals surface area contributed by atoms with Crippen LogP contribution in [0.5, 0.6) is 11.5 Å². The number of aliphatic hydroxyl groups is 1. The third-order valence-electron chi connectivity index (χ3n) is 4.77. The van der Waals surface area contributed by atoms with Crippen molar-refractivity contribution >= 4 is 0 Å². The molecule has 21 heavy (non-hydrogen) atoms. The third-order valence-corrected chi connectivity index (χ3v) is 4.77. The Labute approximate surface area is 126 Å². The summed E-state index contributed by atoms with van der Waals surface area (Å²) in [4.78, 5) is 2.49. The fourth-order valence-electron chi connectivity index (χ4n) is 3.55. The summed E-state index contributed by atoms with van der Waals surface area (Å²) in [5.74, 6) is 1.59. The highest BCUT2D eigenvalue weighted by molar-refractivity contribution is 5.43. The van der Waals surface area contributed by atoms with Crippen LogP contribution in [-0.2, 0) is 0 Å². The van der Waals surface area contributed by atoms with Crippen molar-refractivity contribution in [3.8, 4) is 11.5 Å². The molecule has 0 aliphatic carbocycles. The zero-order valence-corrected chi connectivity index (χ0v) is 13.0. The van der Waals surface area contributed by atoms with Gasteiger partial charge in [-0.25, -0.2) is 0 Å². The van der Waals surface area contributed by atoms with Gasteiger partial charge in [0.2, 0.25) is 0 Å². The van der Waals surface area contributed by atoms with Crippen molar-refractivity contribution in [2.24, 2.45) is 0 Å². The Hall–Kier alpha value is -1.26. The summed E-state index contributed by atoms with van der Waals surface area (Å²) in [5, 5.41) is 10.5. The number of methoxy groups -OCH3 is 1. The van der Waals surface area contributed by atoms with Gasteiger partial charge in [-0.1, -0.05) is 6.92 Å². The van der Waals surface area contributed by atoms with Crippen LogP contribution in [-0.4, -0.2) is 42.4 Å². The molecule has 2 heterocycles. The average molecular weight is 291 g/mol. The van der Waals surface area contributed by atoms with E-state index in [0.29, 0.717) is 6.42 Å². The summed E-state index contributed by atoms with van der Waals surface area (Å²) in [6.07, 6.45) is 3.42. The summed E-state index contributed by atoms with van der Waals surface area (Å²) in [6.45, 7) is 5.50. The zero-order valence-electron chi connectivity index (χ0n) is 13.0. The van der Waals surface area contributed by atoms with Gasteiger partial charge in [0.1, 0.15) is 17.1 Å². The fraction of sp³-hybridized carbons (Fsp3) is 0.647. The van der Waals surface area contributed by atoms with Gasteiger partial charge in [-0.05, 0) is 44.0 Å². The molecule has 1 N–H and O–H groups in total. The number of fused-ring (bicyclic) bond motifs is 1. The van der Waals surface area contributed by atoms with Gasteiger partial charge in [-0.3, -0.25) is 0 Å². The Bertz CT molecular complexity index is 495. The van der Waals surface area contributed by atoms with Crippen LogP contribution in [0.3, 0.4) is 0 Å². The Balaban J connectivity index is 1.76. The molecule has 1 aromatic rings. The first-order valence-electron chi connectivity index (χ1n) is 7.93. The molecule has 0 aromatic heterocycles. The van der Waals surface area contributed by atoms with Crippen molar-refractivity contribution in [2.75, 3.05) is 26.7 Å². The molecule has 2 aliphatic rings. The molecule has 1 fully saturated rings. The first-order valence-corrected chi connectivity index (χ1v) is 7.93. The van der Waals surface area contributed by atoms with Gasteiger partial charge in [0.05, 0.1) is 13.2 Å². The van der Waals surface area contributed by atoms with Crippen LogP contribution in [0.1, 0.15) is 44.3 Å². The summed E-state index contributed by atoms with van der Waals surface area (Å²) < 4.78 is 11.5. The second-order valence-corrected chi connectivity index (χ2v) is 6.25. The number of nitrogens with zero attached hydrogens (tertiary/aromatic N) is 1. The molecule has 0 saturated carbocycles. The minimum atomic E-state index is -0.457. The van der Waals surface area contributed by atoms with Crippen molar-refractivity contribution in [1.29, 1.82) is 0 Å². The molecule has 0 radical (unpaired) electrons. The van der Waals surface area contributed by atoms with Crippen LogP contribution in [0.25, 0.3) is 0 Å². The smallest absolute Gasteiger partial charge is 0.126 e. The maximum atomic E-state index is 10.5. The number of ether oxygens (including phenoxy) is 2. The maximum Gasteiger partial charge on any atom is 0.126 e. The van der Waals surface area contributed by atoms with Crippen LogP contribution >= 0.6 is 0 Å². The van der Waals surface area contributed by atoms with Crippen molar-refractivity contribution in [1.82, 2.24) is 4.90 Å². The van der Waals surface area contributed by atoms with Crippen molar-refractivity contribution in [3.05, 3.63) is 23.8 Å². The van der Waals surface area contributed by atoms with E-state index in [1.165, 1.54) is 6.42 Å². The number of hydrogen-bond acceptors (Lipinski definition) is 4. The van der Waals surface area contributed by atoms with E-state index in [4.69, 9.17) is 9.47 Å². The first kappa shape index (κ1) is 14.7. The van der Waals surface area contributed by atoms with Gasteiger partial charge in [-0.2, -0.15) is 0 Å². The molecule has 1 spiro atoms. The normalized spacial score (nSPS) is 24.4. The summed E-state index contributed by atoms with van der Waals surface area (Å²) in [5.41, 5.74) is 0.668. The van der Waals surface area contributed by atoms with E-state index in [-0.39, 0.29) is 5.60 Å². The Kier molecular flexibility index (Phi) is 4.09. The number of likely N-dealkylation sites (tertiary alicyclic amines) is 1. The molecular formula is C17H25NO3. The second-order valence-electron chi connectivity index (χ2n) is 6.25. The average Bonchev–Trinajstić information content (AvgIpc) is 2.50. The summed E-state index contributed by atoms with van der Waals surface area (Å²) in [6, 6.07) is 5.71. The van der Waals surface area contributed by atoms with Crippen LogP contribution in [0.4, 0.5) is 0 Å². The molecule has 1 saturated heterocycles. The number of piperidine rings is 1. The van der Waals surface area contributed by atoms with E-state index in [2.05, 4.69) is 11.8 Å². The number of benzene rings is 1. The number of aliphatic hydroxyl groups excluding tert-OH is 1. The predicted octanol–water partition coefficient (Wildman–Crippen LogP) is 2.76. The van der Waals surface area contributed by atoms with E-state index in [0.717, 1.165) is 49.5 Å². The molecule has 1 atom stereocenters. The van der Waals surface area contributed by atoms with E-state index in [9.17, 15) is 5.11 Å². The second kappa shape index (κ2) is 5.85. The Morgan fingerprint density at radius 3 is 2.81 bits per heavy atom. The summed E-state index contributed by atoms with van der Waals surface area (Å²) >= 11 is 0. The van der Waals surface area contributed by atoms with E-state index in [1.54, 1.807) is 7.11 Å². The van der Waals surface area contributed by atoms with Gasteiger partial charge in [-0.15, -0.1) is 0 Å². The molecule has 116 valence electrons. The van der Waals surface area contributed by atoms with E-state index >= 15 is 0 Å². The molecule has 3 rings (SSSR count). The van der Waals surface area contributed by atoms with Gasteiger partial charge >= 0.3 is 0 Å².